The van der Waals surface area contributed by atoms with Crippen LogP contribution in [0.5, 0.6) is 0 Å². The van der Waals surface area contributed by atoms with Crippen LogP contribution in [-0.2, 0) is 3.02 Å². The molecular weight excluding hydrogens is 166 g/mol. The van der Waals surface area contributed by atoms with E-state index < -0.39 is 20.6 Å². The van der Waals surface area contributed by atoms with Crippen LogP contribution in [-0.4, -0.2) is 24.0 Å². The van der Waals surface area contributed by atoms with Gasteiger partial charge in [-0.15, -0.1) is 0 Å². The third-order valence-corrected chi connectivity index (χ3v) is 0. The van der Waals surface area contributed by atoms with Crippen LogP contribution in [0.2, 0.25) is 4.87 Å². The molecule has 0 bridgehead atoms. The van der Waals surface area contributed by atoms with Gasteiger partial charge >= 0.3 is 31.9 Å². The van der Waals surface area contributed by atoms with Crippen LogP contribution < -0.4 is 0 Å². The standard InChI is InChI=1S/CH3.H2O.O.Sb.H/h1H3;1H2;;;/q;;;+1;/p-1. The average Bonchev–Trinajstić information content (AvgIpc) is 0.811. The summed E-state index contributed by atoms with van der Waals surface area (Å²) in [5.74, 6) is 0. The first kappa shape index (κ1) is 4.58. The van der Waals surface area contributed by atoms with E-state index in [1.807, 2.05) is 0 Å². The second kappa shape index (κ2) is 1.86. The predicted octanol–water partition coefficient (Wildman–Crippen LogP) is -0.741. The fourth-order valence-electron chi connectivity index (χ4n) is 0. The Balaban J connectivity index is 2.80. The van der Waals surface area contributed by atoms with E-state index in [1.54, 1.807) is 0 Å². The van der Waals surface area contributed by atoms with Gasteiger partial charge in [0.2, 0.25) is 0 Å². The van der Waals surface area contributed by atoms with E-state index in [-0.39, 0.29) is 0 Å². The molecule has 0 aliphatic carbocycles. The van der Waals surface area contributed by atoms with Gasteiger partial charge < -0.3 is 0 Å². The Kier molecular flexibility index (Phi) is 2.13. The van der Waals surface area contributed by atoms with Crippen molar-refractivity contribution in [3.05, 3.63) is 0 Å². The molecule has 0 heterocycles. The van der Waals surface area contributed by atoms with Crippen LogP contribution in [0.15, 0.2) is 0 Å². The molecule has 0 fully saturated rings. The zero-order chi connectivity index (χ0) is 3.58. The van der Waals surface area contributed by atoms with E-state index in [0.29, 0.717) is 0 Å². The molecule has 0 rings (SSSR count). The number of hydrogen-bond donors (Lipinski definition) is 1. The zero-order valence-corrected chi connectivity index (χ0v) is 5.21. The quantitative estimate of drug-likeness (QED) is 0.487. The van der Waals surface area contributed by atoms with E-state index in [0.717, 1.165) is 0 Å². The predicted molar refractivity (Wildman–Crippen MR) is 15.9 cm³/mol. The molecule has 3 heteroatoms. The van der Waals surface area contributed by atoms with Crippen molar-refractivity contribution in [2.24, 2.45) is 0 Å². The van der Waals surface area contributed by atoms with Crippen LogP contribution in [0, 0.1) is 0 Å². The third-order valence-electron chi connectivity index (χ3n) is 0. The van der Waals surface area contributed by atoms with E-state index >= 15 is 0 Å². The van der Waals surface area contributed by atoms with Gasteiger partial charge in [-0.1, -0.05) is 0 Å². The monoisotopic (exact) mass is 170 g/mol. The number of rotatable bonds is 0. The van der Waals surface area contributed by atoms with Crippen LogP contribution in [0.4, 0.5) is 0 Å². The van der Waals surface area contributed by atoms with Crippen LogP contribution in [0.25, 0.3) is 0 Å². The molecule has 0 radical (unpaired) electrons. The Hall–Kier alpha value is 0.578. The summed E-state index contributed by atoms with van der Waals surface area (Å²) in [5, 5.41) is 0. The van der Waals surface area contributed by atoms with Gasteiger partial charge in [-0.3, -0.25) is 0 Å². The van der Waals surface area contributed by atoms with Gasteiger partial charge in [0.1, 0.15) is 0 Å². The first-order valence-corrected chi connectivity index (χ1v) is 6.22. The molecule has 0 spiro atoms. The van der Waals surface area contributed by atoms with Crippen molar-refractivity contribution >= 4 is 20.6 Å². The molecule has 0 amide bonds. The molecule has 0 aliphatic rings. The minimum atomic E-state index is -2.79. The van der Waals surface area contributed by atoms with E-state index in [1.165, 1.54) is 4.87 Å². The van der Waals surface area contributed by atoms with Gasteiger partial charge in [0.05, 0.1) is 0 Å². The SMILES string of the molecule is [CH3][SbH](=[O])[OH]. The van der Waals surface area contributed by atoms with Gasteiger partial charge in [-0.25, -0.2) is 0 Å². The minimum absolute atomic E-state index is 1.36. The molecule has 0 saturated heterocycles. The van der Waals surface area contributed by atoms with Crippen molar-refractivity contribution < 1.29 is 6.40 Å². The summed E-state index contributed by atoms with van der Waals surface area (Å²) >= 11 is -2.79. The summed E-state index contributed by atoms with van der Waals surface area (Å²) in [6.07, 6.45) is 0. The van der Waals surface area contributed by atoms with Crippen molar-refractivity contribution in [3.63, 3.8) is 0 Å². The fourth-order valence-corrected chi connectivity index (χ4v) is 0. The summed E-state index contributed by atoms with van der Waals surface area (Å²) in [6, 6.07) is 0. The Bertz CT molecular complexity index is 29.0. The zero-order valence-electron chi connectivity index (χ0n) is 2.36. The Morgan fingerprint density at radius 1 is 2.00 bits per heavy atom. The first-order chi connectivity index (χ1) is 1.73. The summed E-state index contributed by atoms with van der Waals surface area (Å²) < 4.78 is 17.0. The molecule has 4 heavy (non-hydrogen) atoms. The Morgan fingerprint density at radius 2 is 2.00 bits per heavy atom. The summed E-state index contributed by atoms with van der Waals surface area (Å²) in [4.78, 5) is 1.36. The topological polar surface area (TPSA) is 37.3 Å². The molecule has 1 atom stereocenters. The molecule has 0 saturated carbocycles. The van der Waals surface area contributed by atoms with Crippen LogP contribution >= 0.6 is 0 Å². The van der Waals surface area contributed by atoms with Crippen molar-refractivity contribution in [1.82, 2.24) is 0 Å². The van der Waals surface area contributed by atoms with Gasteiger partial charge in [0.15, 0.2) is 0 Å². The molecule has 1 N–H and O–H groups in total. The van der Waals surface area contributed by atoms with Crippen molar-refractivity contribution in [3.8, 4) is 0 Å². The molecular formula is CH5O2Sb. The Morgan fingerprint density at radius 3 is 2.00 bits per heavy atom. The molecule has 0 aromatic carbocycles. The van der Waals surface area contributed by atoms with E-state index in [2.05, 4.69) is 0 Å². The normalized spacial score (nSPS) is 15.5. The second-order valence-corrected chi connectivity index (χ2v) is 3.48. The van der Waals surface area contributed by atoms with Crippen LogP contribution in [0.1, 0.15) is 0 Å². The Labute approximate surface area is 32.4 Å². The van der Waals surface area contributed by atoms with Crippen molar-refractivity contribution in [1.29, 1.82) is 0 Å². The molecule has 0 aliphatic heterocycles. The van der Waals surface area contributed by atoms with Gasteiger partial charge in [-0.05, 0) is 0 Å². The molecule has 0 aromatic rings. The fraction of sp³-hybridized carbons (Fsp3) is 1.00. The first-order valence-electron chi connectivity index (χ1n) is 0.928. The average molecular weight is 171 g/mol. The van der Waals surface area contributed by atoms with Crippen LogP contribution in [0.3, 0.4) is 0 Å². The maximum atomic E-state index is 9.28. The third kappa shape index (κ3) is 19.2. The number of hydrogen-bond acceptors (Lipinski definition) is 1. The molecule has 1 unspecified atom stereocenters. The molecule has 0 aromatic heterocycles. The summed E-state index contributed by atoms with van der Waals surface area (Å²) in [5.41, 5.74) is 0. The van der Waals surface area contributed by atoms with E-state index in [9.17, 15) is 3.02 Å². The van der Waals surface area contributed by atoms with Gasteiger partial charge in [0, 0.05) is 0 Å². The van der Waals surface area contributed by atoms with Gasteiger partial charge in [-0.2, -0.15) is 0 Å². The van der Waals surface area contributed by atoms with Gasteiger partial charge in [0.25, 0.3) is 0 Å². The molecule has 26 valence electrons. The summed E-state index contributed by atoms with van der Waals surface area (Å²) in [6.45, 7) is 0. The maximum absolute atomic E-state index is 9.28. The summed E-state index contributed by atoms with van der Waals surface area (Å²) in [7, 11) is 0. The molecule has 2 nitrogen and oxygen atoms in total. The van der Waals surface area contributed by atoms with Crippen molar-refractivity contribution in [2.45, 2.75) is 4.87 Å². The van der Waals surface area contributed by atoms with Crippen molar-refractivity contribution in [2.75, 3.05) is 0 Å². The van der Waals surface area contributed by atoms with E-state index in [4.69, 9.17) is 3.39 Å². The second-order valence-electron chi connectivity index (χ2n) is 0.519.